The molecule has 0 saturated carbocycles. The van der Waals surface area contributed by atoms with Crippen molar-refractivity contribution in [1.82, 2.24) is 14.9 Å². The highest BCUT2D eigenvalue weighted by atomic mass is 32.2. The lowest BCUT2D eigenvalue weighted by Crippen LogP contribution is -2.04. The van der Waals surface area contributed by atoms with E-state index in [1.165, 1.54) is 22.8 Å². The maximum atomic E-state index is 11.8. The molecule has 0 atom stereocenters. The van der Waals surface area contributed by atoms with Crippen molar-refractivity contribution in [3.63, 3.8) is 0 Å². The lowest BCUT2D eigenvalue weighted by Gasteiger charge is -2.15. The van der Waals surface area contributed by atoms with Crippen molar-refractivity contribution in [3.05, 3.63) is 70.0 Å². The minimum atomic E-state index is -0.930. The summed E-state index contributed by atoms with van der Waals surface area (Å²) in [5.74, 6) is -0.922. The lowest BCUT2D eigenvalue weighted by molar-refractivity contribution is -0.398. The number of aromatic nitrogens is 3. The van der Waals surface area contributed by atoms with Gasteiger partial charge in [-0.25, -0.2) is 0 Å². The number of hydrogen-bond donors (Lipinski definition) is 0. The smallest absolute Gasteiger partial charge is 0.262 e. The summed E-state index contributed by atoms with van der Waals surface area (Å²) >= 11 is 1.40. The Hall–Kier alpha value is -3.40. The molecule has 3 aromatic rings. The molecule has 0 amide bonds. The molecule has 0 unspecified atom stereocenters. The minimum Gasteiger partial charge on any atom is -0.872 e. The molecule has 0 radical (unpaired) electrons. The normalized spacial score (nSPS) is 11.1. The molecule has 0 spiro atoms. The number of nitro groups is 1. The lowest BCUT2D eigenvalue weighted by atomic mass is 10.2. The molecule has 10 heteroatoms. The van der Waals surface area contributed by atoms with E-state index < -0.39 is 22.1 Å². The summed E-state index contributed by atoms with van der Waals surface area (Å²) in [6.45, 7) is 0. The summed E-state index contributed by atoms with van der Waals surface area (Å²) < 4.78 is 1.35. The van der Waals surface area contributed by atoms with Crippen molar-refractivity contribution in [2.45, 2.75) is 10.9 Å². The van der Waals surface area contributed by atoms with Crippen LogP contribution < -0.4 is 10.2 Å². The maximum absolute atomic E-state index is 11.8. The van der Waals surface area contributed by atoms with E-state index in [1.807, 2.05) is 30.3 Å². The van der Waals surface area contributed by atoms with Crippen LogP contribution in [0, 0.1) is 10.1 Å². The van der Waals surface area contributed by atoms with Gasteiger partial charge < -0.3 is 10.2 Å². The van der Waals surface area contributed by atoms with Crippen molar-refractivity contribution >= 4 is 23.7 Å². The van der Waals surface area contributed by atoms with Crippen molar-refractivity contribution in [2.75, 3.05) is 0 Å². The Bertz CT molecular complexity index is 959. The molecular formula is C16H11N5O4S-2. The van der Waals surface area contributed by atoms with Crippen molar-refractivity contribution in [3.8, 4) is 11.5 Å². The van der Waals surface area contributed by atoms with Gasteiger partial charge in [0.1, 0.15) is 6.33 Å². The van der Waals surface area contributed by atoms with Gasteiger partial charge in [-0.2, -0.15) is 9.78 Å². The van der Waals surface area contributed by atoms with E-state index in [4.69, 9.17) is 0 Å². The molecule has 0 aliphatic carbocycles. The van der Waals surface area contributed by atoms with Crippen molar-refractivity contribution in [2.24, 2.45) is 5.10 Å². The first-order valence-corrected chi connectivity index (χ1v) is 8.30. The number of nitrogens with zero attached hydrogens (tertiary/aromatic N) is 5. The molecule has 132 valence electrons. The average Bonchev–Trinajstić information content (AvgIpc) is 3.07. The van der Waals surface area contributed by atoms with Crippen LogP contribution in [0.4, 0.5) is 5.69 Å². The standard InChI is InChI=1S/C16H13N5O4S/c22-14-7-15(23)13(21(24)25)6-12(14)8-18-20-10-17-19-16(20)26-9-11-4-2-1-3-5-11/h1-8,10,22-23H,9H2/p-2/b18-8-. The van der Waals surface area contributed by atoms with Gasteiger partial charge in [0.25, 0.3) is 5.69 Å². The molecule has 0 N–H and O–H groups in total. The Balaban J connectivity index is 1.79. The molecule has 2 aromatic carbocycles. The topological polar surface area (TPSA) is 132 Å². The number of thioether (sulfide) groups is 1. The largest absolute Gasteiger partial charge is 0.872 e. The fourth-order valence-electron chi connectivity index (χ4n) is 2.05. The Morgan fingerprint density at radius 2 is 1.96 bits per heavy atom. The van der Waals surface area contributed by atoms with Gasteiger partial charge in [0.2, 0.25) is 5.16 Å². The quantitative estimate of drug-likeness (QED) is 0.278. The molecule has 0 fully saturated rings. The van der Waals surface area contributed by atoms with Crippen LogP contribution in [0.1, 0.15) is 11.1 Å². The Morgan fingerprint density at radius 3 is 2.69 bits per heavy atom. The molecule has 1 heterocycles. The van der Waals surface area contributed by atoms with E-state index in [0.717, 1.165) is 17.8 Å². The predicted molar refractivity (Wildman–Crippen MR) is 91.0 cm³/mol. The van der Waals surface area contributed by atoms with E-state index in [9.17, 15) is 20.3 Å². The van der Waals surface area contributed by atoms with Crippen LogP contribution >= 0.6 is 11.8 Å². The summed E-state index contributed by atoms with van der Waals surface area (Å²) in [7, 11) is 0. The van der Waals surface area contributed by atoms with Gasteiger partial charge in [-0.3, -0.25) is 10.1 Å². The summed E-state index contributed by atoms with van der Waals surface area (Å²) in [6, 6.07) is 11.3. The molecule has 0 aliphatic rings. The Kier molecular flexibility index (Phi) is 5.13. The Labute approximate surface area is 151 Å². The van der Waals surface area contributed by atoms with Gasteiger partial charge in [0.15, 0.2) is 0 Å². The third-order valence-corrected chi connectivity index (χ3v) is 4.32. The molecule has 26 heavy (non-hydrogen) atoms. The fourth-order valence-corrected chi connectivity index (χ4v) is 2.87. The van der Waals surface area contributed by atoms with E-state index in [0.29, 0.717) is 17.0 Å². The first-order valence-electron chi connectivity index (χ1n) is 7.32. The van der Waals surface area contributed by atoms with Crippen LogP contribution in [0.25, 0.3) is 0 Å². The summed E-state index contributed by atoms with van der Waals surface area (Å²) in [6.07, 6.45) is 2.50. The van der Waals surface area contributed by atoms with E-state index >= 15 is 0 Å². The van der Waals surface area contributed by atoms with Gasteiger partial charge in [0, 0.05) is 11.8 Å². The summed E-state index contributed by atoms with van der Waals surface area (Å²) in [5.41, 5.74) is 0.358. The second-order valence-electron chi connectivity index (χ2n) is 5.09. The molecule has 3 rings (SSSR count). The zero-order chi connectivity index (χ0) is 18.5. The second-order valence-corrected chi connectivity index (χ2v) is 6.03. The molecular weight excluding hydrogens is 358 g/mol. The van der Waals surface area contributed by atoms with Crippen LogP contribution in [-0.2, 0) is 5.75 Å². The summed E-state index contributed by atoms with van der Waals surface area (Å²) in [4.78, 5) is 9.99. The Morgan fingerprint density at radius 1 is 1.19 bits per heavy atom. The van der Waals surface area contributed by atoms with E-state index in [1.54, 1.807) is 0 Å². The average molecular weight is 369 g/mol. The molecule has 0 bridgehead atoms. The summed E-state index contributed by atoms with van der Waals surface area (Å²) in [5, 5.41) is 46.3. The molecule has 9 nitrogen and oxygen atoms in total. The number of benzene rings is 2. The van der Waals surface area contributed by atoms with Gasteiger partial charge in [-0.05, 0) is 16.9 Å². The molecule has 0 saturated heterocycles. The van der Waals surface area contributed by atoms with Crippen LogP contribution in [0.2, 0.25) is 0 Å². The van der Waals surface area contributed by atoms with Crippen LogP contribution in [-0.4, -0.2) is 26.0 Å². The fraction of sp³-hybridized carbons (Fsp3) is 0.0625. The SMILES string of the molecule is O=[N+]([O-])c1cc(/C=N\n2cnnc2SCc2ccccc2)c([O-])cc1[O-]. The minimum absolute atomic E-state index is 0.0657. The van der Waals surface area contributed by atoms with Gasteiger partial charge in [-0.15, -0.1) is 15.9 Å². The molecule has 0 aliphatic heterocycles. The first kappa shape index (κ1) is 17.4. The maximum Gasteiger partial charge on any atom is 0.262 e. The van der Waals surface area contributed by atoms with Gasteiger partial charge >= 0.3 is 0 Å². The number of rotatable bonds is 6. The van der Waals surface area contributed by atoms with Crippen LogP contribution in [0.3, 0.4) is 0 Å². The van der Waals surface area contributed by atoms with Crippen LogP contribution in [0.5, 0.6) is 11.5 Å². The predicted octanol–water partition coefficient (Wildman–Crippen LogP) is 1.51. The highest BCUT2D eigenvalue weighted by Gasteiger charge is 2.09. The highest BCUT2D eigenvalue weighted by molar-refractivity contribution is 7.98. The highest BCUT2D eigenvalue weighted by Crippen LogP contribution is 2.28. The third kappa shape index (κ3) is 3.98. The second kappa shape index (κ2) is 7.66. The zero-order valence-corrected chi connectivity index (χ0v) is 14.0. The van der Waals surface area contributed by atoms with Crippen LogP contribution in [0.15, 0.2) is 59.0 Å². The van der Waals surface area contributed by atoms with Crippen molar-refractivity contribution in [1.29, 1.82) is 0 Å². The number of hydrogen-bond acceptors (Lipinski definition) is 8. The number of nitro benzene ring substituents is 1. The monoisotopic (exact) mass is 369 g/mol. The van der Waals surface area contributed by atoms with Crippen molar-refractivity contribution < 1.29 is 15.1 Å². The van der Waals surface area contributed by atoms with Gasteiger partial charge in [-0.1, -0.05) is 48.2 Å². The third-order valence-electron chi connectivity index (χ3n) is 3.32. The first-order chi connectivity index (χ1) is 12.5. The van der Waals surface area contributed by atoms with Gasteiger partial charge in [0.05, 0.1) is 11.1 Å². The van der Waals surface area contributed by atoms with E-state index in [-0.39, 0.29) is 5.56 Å². The zero-order valence-electron chi connectivity index (χ0n) is 13.2. The molecule has 1 aromatic heterocycles. The van der Waals surface area contributed by atoms with E-state index in [2.05, 4.69) is 15.3 Å².